The van der Waals surface area contributed by atoms with Gasteiger partial charge in [0.15, 0.2) is 0 Å². The second-order valence-electron chi connectivity index (χ2n) is 3.90. The molecule has 1 saturated carbocycles. The van der Waals surface area contributed by atoms with Crippen molar-refractivity contribution in [3.63, 3.8) is 0 Å². The molecule has 15 heavy (non-hydrogen) atoms. The summed E-state index contributed by atoms with van der Waals surface area (Å²) in [5, 5.41) is 8.75. The molecule has 0 saturated heterocycles. The maximum atomic E-state index is 8.75. The highest BCUT2D eigenvalue weighted by Gasteiger charge is 2.21. The quantitative estimate of drug-likeness (QED) is 0.732. The third kappa shape index (κ3) is 2.07. The van der Waals surface area contributed by atoms with E-state index in [0.29, 0.717) is 17.7 Å². The molecule has 4 heteroatoms. The number of hydrogen-bond donors (Lipinski definition) is 0. The number of nitriles is 1. The molecule has 0 unspecified atom stereocenters. The van der Waals surface area contributed by atoms with E-state index in [-0.39, 0.29) is 0 Å². The molecule has 0 atom stereocenters. The van der Waals surface area contributed by atoms with Crippen molar-refractivity contribution in [1.82, 2.24) is 9.97 Å². The van der Waals surface area contributed by atoms with Crippen LogP contribution >= 0.6 is 0 Å². The minimum absolute atomic E-state index is 0.435. The number of aromatic nitrogens is 2. The molecule has 0 bridgehead atoms. The number of nitrogens with zero attached hydrogens (tertiary/aromatic N) is 4. The summed E-state index contributed by atoms with van der Waals surface area (Å²) in [4.78, 5) is 10.5. The predicted molar refractivity (Wildman–Crippen MR) is 57.4 cm³/mol. The van der Waals surface area contributed by atoms with Crippen LogP contribution < -0.4 is 4.90 Å². The van der Waals surface area contributed by atoms with E-state index in [0.717, 1.165) is 0 Å². The normalized spacial score (nSPS) is 16.3. The molecule has 0 N–H and O–H groups in total. The molecule has 0 aliphatic heterocycles. The van der Waals surface area contributed by atoms with Crippen LogP contribution in [0.25, 0.3) is 0 Å². The average Bonchev–Trinajstić information content (AvgIpc) is 2.81. The highest BCUT2D eigenvalue weighted by molar-refractivity contribution is 5.34. The molecule has 0 aromatic carbocycles. The summed E-state index contributed by atoms with van der Waals surface area (Å²) in [6.45, 7) is 0. The lowest BCUT2D eigenvalue weighted by Crippen LogP contribution is -2.30. The van der Waals surface area contributed by atoms with Gasteiger partial charge in [0.05, 0.1) is 0 Å². The number of anilines is 1. The van der Waals surface area contributed by atoms with Gasteiger partial charge in [-0.3, -0.25) is 0 Å². The Kier molecular flexibility index (Phi) is 2.82. The first kappa shape index (κ1) is 9.91. The molecular weight excluding hydrogens is 188 g/mol. The Hall–Kier alpha value is -1.63. The molecule has 0 amide bonds. The van der Waals surface area contributed by atoms with Gasteiger partial charge in [-0.1, -0.05) is 12.8 Å². The van der Waals surface area contributed by atoms with Gasteiger partial charge in [0, 0.05) is 19.3 Å². The minimum atomic E-state index is 0.435. The predicted octanol–water partition coefficient (Wildman–Crippen LogP) is 1.73. The van der Waals surface area contributed by atoms with E-state index < -0.39 is 0 Å². The Morgan fingerprint density at radius 3 is 2.87 bits per heavy atom. The molecule has 1 aliphatic carbocycles. The van der Waals surface area contributed by atoms with Crippen LogP contribution in [-0.2, 0) is 0 Å². The van der Waals surface area contributed by atoms with Crippen molar-refractivity contribution >= 4 is 5.95 Å². The summed E-state index contributed by atoms with van der Waals surface area (Å²) in [6, 6.07) is 4.21. The molecule has 1 aromatic rings. The maximum Gasteiger partial charge on any atom is 0.226 e. The highest BCUT2D eigenvalue weighted by Crippen LogP contribution is 2.24. The zero-order valence-corrected chi connectivity index (χ0v) is 8.85. The molecule has 0 spiro atoms. The molecule has 1 heterocycles. The lowest BCUT2D eigenvalue weighted by atomic mass is 10.2. The van der Waals surface area contributed by atoms with Crippen LogP contribution in [0.2, 0.25) is 0 Å². The Bertz CT molecular complexity index is 376. The molecule has 1 aromatic heterocycles. The molecule has 0 radical (unpaired) electrons. The van der Waals surface area contributed by atoms with Crippen molar-refractivity contribution in [1.29, 1.82) is 5.26 Å². The van der Waals surface area contributed by atoms with Crippen LogP contribution in [0.5, 0.6) is 0 Å². The van der Waals surface area contributed by atoms with Crippen molar-refractivity contribution in [3.8, 4) is 6.07 Å². The van der Waals surface area contributed by atoms with Crippen LogP contribution in [0.15, 0.2) is 12.3 Å². The molecular formula is C11H14N4. The monoisotopic (exact) mass is 202 g/mol. The molecule has 1 aliphatic rings. The fraction of sp³-hybridized carbons (Fsp3) is 0.545. The summed E-state index contributed by atoms with van der Waals surface area (Å²) >= 11 is 0. The molecule has 1 fully saturated rings. The standard InChI is InChI=1S/C11H14N4/c1-15(10-4-2-3-5-10)11-13-7-6-9(8-12)14-11/h6-7,10H,2-5H2,1H3. The van der Waals surface area contributed by atoms with Crippen LogP contribution in [0.4, 0.5) is 5.95 Å². The SMILES string of the molecule is CN(c1nccc(C#N)n1)C1CCCC1. The Balaban J connectivity index is 2.17. The summed E-state index contributed by atoms with van der Waals surface area (Å²) < 4.78 is 0. The van der Waals surface area contributed by atoms with E-state index in [1.54, 1.807) is 12.3 Å². The van der Waals surface area contributed by atoms with E-state index in [1.807, 2.05) is 13.1 Å². The van der Waals surface area contributed by atoms with Gasteiger partial charge >= 0.3 is 0 Å². The fourth-order valence-corrected chi connectivity index (χ4v) is 2.04. The average molecular weight is 202 g/mol. The van der Waals surface area contributed by atoms with Gasteiger partial charge in [-0.25, -0.2) is 9.97 Å². The summed E-state index contributed by atoms with van der Waals surface area (Å²) in [5.41, 5.74) is 0.435. The lowest BCUT2D eigenvalue weighted by Gasteiger charge is -2.23. The summed E-state index contributed by atoms with van der Waals surface area (Å²) in [5.74, 6) is 0.668. The van der Waals surface area contributed by atoms with Crippen molar-refractivity contribution in [2.75, 3.05) is 11.9 Å². The van der Waals surface area contributed by atoms with E-state index in [2.05, 4.69) is 14.9 Å². The number of hydrogen-bond acceptors (Lipinski definition) is 4. The van der Waals surface area contributed by atoms with Gasteiger partial charge in [0.2, 0.25) is 5.95 Å². The van der Waals surface area contributed by atoms with Crippen molar-refractivity contribution in [2.45, 2.75) is 31.7 Å². The van der Waals surface area contributed by atoms with Crippen molar-refractivity contribution in [2.24, 2.45) is 0 Å². The van der Waals surface area contributed by atoms with Gasteiger partial charge in [-0.05, 0) is 18.9 Å². The largest absolute Gasteiger partial charge is 0.341 e. The Morgan fingerprint density at radius 2 is 2.20 bits per heavy atom. The third-order valence-corrected chi connectivity index (χ3v) is 2.95. The first-order chi connectivity index (χ1) is 7.31. The zero-order valence-electron chi connectivity index (χ0n) is 8.85. The van der Waals surface area contributed by atoms with E-state index >= 15 is 0 Å². The third-order valence-electron chi connectivity index (χ3n) is 2.95. The maximum absolute atomic E-state index is 8.75. The number of rotatable bonds is 2. The first-order valence-corrected chi connectivity index (χ1v) is 5.27. The molecule has 4 nitrogen and oxygen atoms in total. The topological polar surface area (TPSA) is 52.8 Å². The van der Waals surface area contributed by atoms with Crippen LogP contribution in [0, 0.1) is 11.3 Å². The molecule has 78 valence electrons. The molecule has 2 rings (SSSR count). The highest BCUT2D eigenvalue weighted by atomic mass is 15.2. The Labute approximate surface area is 89.6 Å². The summed E-state index contributed by atoms with van der Waals surface area (Å²) in [7, 11) is 2.01. The van der Waals surface area contributed by atoms with Gasteiger partial charge in [-0.2, -0.15) is 5.26 Å². The lowest BCUT2D eigenvalue weighted by molar-refractivity contribution is 0.638. The van der Waals surface area contributed by atoms with E-state index in [4.69, 9.17) is 5.26 Å². The van der Waals surface area contributed by atoms with E-state index in [1.165, 1.54) is 25.7 Å². The van der Waals surface area contributed by atoms with Gasteiger partial charge in [-0.15, -0.1) is 0 Å². The smallest absolute Gasteiger partial charge is 0.226 e. The first-order valence-electron chi connectivity index (χ1n) is 5.27. The fourth-order valence-electron chi connectivity index (χ4n) is 2.04. The van der Waals surface area contributed by atoms with E-state index in [9.17, 15) is 0 Å². The second-order valence-corrected chi connectivity index (χ2v) is 3.90. The van der Waals surface area contributed by atoms with Crippen LogP contribution in [0.3, 0.4) is 0 Å². The summed E-state index contributed by atoms with van der Waals surface area (Å²) in [6.07, 6.45) is 6.62. The van der Waals surface area contributed by atoms with Crippen LogP contribution in [-0.4, -0.2) is 23.1 Å². The van der Waals surface area contributed by atoms with Gasteiger partial charge in [0.25, 0.3) is 0 Å². The second kappa shape index (κ2) is 4.26. The van der Waals surface area contributed by atoms with Crippen molar-refractivity contribution < 1.29 is 0 Å². The zero-order chi connectivity index (χ0) is 10.7. The Morgan fingerprint density at radius 1 is 1.47 bits per heavy atom. The van der Waals surface area contributed by atoms with Crippen molar-refractivity contribution in [3.05, 3.63) is 18.0 Å². The minimum Gasteiger partial charge on any atom is -0.341 e. The van der Waals surface area contributed by atoms with Gasteiger partial charge in [0.1, 0.15) is 11.8 Å². The van der Waals surface area contributed by atoms with Gasteiger partial charge < -0.3 is 4.90 Å². The van der Waals surface area contributed by atoms with Crippen LogP contribution in [0.1, 0.15) is 31.4 Å².